The summed E-state index contributed by atoms with van der Waals surface area (Å²) < 4.78 is 5.75. The Morgan fingerprint density at radius 1 is 1.42 bits per heavy atom. The van der Waals surface area contributed by atoms with Crippen molar-refractivity contribution in [2.45, 2.75) is 57.2 Å². The Balaban J connectivity index is 2.13. The third kappa shape index (κ3) is 1.18. The molecule has 2 rings (SSSR count). The summed E-state index contributed by atoms with van der Waals surface area (Å²) in [5, 5.41) is 0. The number of hydrogen-bond acceptors (Lipinski definition) is 2. The summed E-state index contributed by atoms with van der Waals surface area (Å²) in [5.74, 6) is 0.359. The number of ketones is 1. The van der Waals surface area contributed by atoms with Gasteiger partial charge in [0.25, 0.3) is 0 Å². The molecule has 68 valence electrons. The molecule has 2 atom stereocenters. The Kier molecular flexibility index (Phi) is 1.95. The van der Waals surface area contributed by atoms with Gasteiger partial charge in [-0.2, -0.15) is 0 Å². The van der Waals surface area contributed by atoms with Gasteiger partial charge in [0.05, 0.1) is 6.10 Å². The van der Waals surface area contributed by atoms with Crippen molar-refractivity contribution in [1.29, 1.82) is 0 Å². The molecule has 0 bridgehead atoms. The standard InChI is InChI=1S/C10H16O2/c1-8-5-7-10(12-8)6-3-2-4-9(10)11/h8H,2-7H2,1H3/t8-,10-/m0/s1. The lowest BCUT2D eigenvalue weighted by molar-refractivity contribution is -0.146. The molecule has 0 N–H and O–H groups in total. The van der Waals surface area contributed by atoms with Crippen molar-refractivity contribution in [3.63, 3.8) is 0 Å². The Morgan fingerprint density at radius 2 is 2.25 bits per heavy atom. The zero-order chi connectivity index (χ0) is 8.60. The maximum Gasteiger partial charge on any atom is 0.164 e. The highest BCUT2D eigenvalue weighted by Crippen LogP contribution is 2.39. The summed E-state index contributed by atoms with van der Waals surface area (Å²) in [7, 11) is 0. The minimum Gasteiger partial charge on any atom is -0.364 e. The van der Waals surface area contributed by atoms with Crippen molar-refractivity contribution in [2.24, 2.45) is 0 Å². The van der Waals surface area contributed by atoms with Crippen molar-refractivity contribution in [1.82, 2.24) is 0 Å². The van der Waals surface area contributed by atoms with Gasteiger partial charge in [-0.25, -0.2) is 0 Å². The van der Waals surface area contributed by atoms with Crippen LogP contribution in [0.1, 0.15) is 45.4 Å². The molecule has 12 heavy (non-hydrogen) atoms. The minimum atomic E-state index is -0.336. The normalized spacial score (nSPS) is 42.4. The van der Waals surface area contributed by atoms with Gasteiger partial charge in [-0.3, -0.25) is 4.79 Å². The zero-order valence-corrected chi connectivity index (χ0v) is 7.64. The van der Waals surface area contributed by atoms with Crippen LogP contribution in [0.3, 0.4) is 0 Å². The van der Waals surface area contributed by atoms with E-state index in [1.807, 2.05) is 0 Å². The second kappa shape index (κ2) is 2.84. The molecule has 0 aromatic carbocycles. The maximum absolute atomic E-state index is 11.6. The van der Waals surface area contributed by atoms with E-state index in [0.29, 0.717) is 11.9 Å². The summed E-state index contributed by atoms with van der Waals surface area (Å²) in [6.07, 6.45) is 6.27. The molecule has 0 radical (unpaired) electrons. The quantitative estimate of drug-likeness (QED) is 0.553. The summed E-state index contributed by atoms with van der Waals surface area (Å²) in [5.41, 5.74) is -0.336. The molecular formula is C10H16O2. The summed E-state index contributed by atoms with van der Waals surface area (Å²) in [4.78, 5) is 11.6. The number of carbonyl (C=O) groups excluding carboxylic acids is 1. The highest BCUT2D eigenvalue weighted by molar-refractivity contribution is 5.88. The molecule has 0 aromatic heterocycles. The van der Waals surface area contributed by atoms with Crippen molar-refractivity contribution < 1.29 is 9.53 Å². The molecule has 1 saturated heterocycles. The third-order valence-electron chi connectivity index (χ3n) is 3.12. The molecule has 0 aromatic rings. The fourth-order valence-electron chi connectivity index (χ4n) is 2.39. The number of rotatable bonds is 0. The molecule has 1 heterocycles. The van der Waals surface area contributed by atoms with Gasteiger partial charge >= 0.3 is 0 Å². The third-order valence-corrected chi connectivity index (χ3v) is 3.12. The lowest BCUT2D eigenvalue weighted by Gasteiger charge is -2.31. The fourth-order valence-corrected chi connectivity index (χ4v) is 2.39. The average molecular weight is 168 g/mol. The molecule has 2 heteroatoms. The van der Waals surface area contributed by atoms with Gasteiger partial charge in [-0.15, -0.1) is 0 Å². The highest BCUT2D eigenvalue weighted by atomic mass is 16.5. The van der Waals surface area contributed by atoms with Gasteiger partial charge in [0.15, 0.2) is 5.78 Å². The SMILES string of the molecule is C[C@H]1CC[C@]2(CCCCC2=O)O1. The van der Waals surface area contributed by atoms with E-state index >= 15 is 0 Å². The Morgan fingerprint density at radius 3 is 2.83 bits per heavy atom. The molecule has 1 spiro atoms. The first-order valence-electron chi connectivity index (χ1n) is 4.94. The number of Topliss-reactive ketones (excluding diaryl/α,β-unsaturated/α-hetero) is 1. The predicted octanol–water partition coefficient (Wildman–Crippen LogP) is 2.07. The van der Waals surface area contributed by atoms with Crippen LogP contribution < -0.4 is 0 Å². The smallest absolute Gasteiger partial charge is 0.164 e. The first kappa shape index (κ1) is 8.24. The van der Waals surface area contributed by atoms with E-state index < -0.39 is 0 Å². The minimum absolute atomic E-state index is 0.298. The fraction of sp³-hybridized carbons (Fsp3) is 0.900. The molecule has 1 saturated carbocycles. The monoisotopic (exact) mass is 168 g/mol. The lowest BCUT2D eigenvalue weighted by atomic mass is 9.82. The number of carbonyl (C=O) groups is 1. The van der Waals surface area contributed by atoms with Crippen LogP contribution in [-0.2, 0) is 9.53 Å². The molecule has 2 fully saturated rings. The largest absolute Gasteiger partial charge is 0.364 e. The van der Waals surface area contributed by atoms with Crippen LogP contribution in [0.5, 0.6) is 0 Å². The van der Waals surface area contributed by atoms with Crippen molar-refractivity contribution in [3.8, 4) is 0 Å². The van der Waals surface area contributed by atoms with Gasteiger partial charge in [0, 0.05) is 6.42 Å². The van der Waals surface area contributed by atoms with E-state index in [-0.39, 0.29) is 5.60 Å². The Hall–Kier alpha value is -0.370. The van der Waals surface area contributed by atoms with Gasteiger partial charge in [0.2, 0.25) is 0 Å². The maximum atomic E-state index is 11.6. The van der Waals surface area contributed by atoms with E-state index in [2.05, 4.69) is 6.92 Å². The summed E-state index contributed by atoms with van der Waals surface area (Å²) in [6, 6.07) is 0. The molecular weight excluding hydrogens is 152 g/mol. The van der Waals surface area contributed by atoms with E-state index in [4.69, 9.17) is 4.74 Å². The lowest BCUT2D eigenvalue weighted by Crippen LogP contribution is -2.41. The molecule has 0 amide bonds. The van der Waals surface area contributed by atoms with Crippen LogP contribution in [0, 0.1) is 0 Å². The van der Waals surface area contributed by atoms with Crippen LogP contribution >= 0.6 is 0 Å². The second-order valence-corrected chi connectivity index (χ2v) is 4.09. The number of ether oxygens (including phenoxy) is 1. The first-order chi connectivity index (χ1) is 5.73. The first-order valence-corrected chi connectivity index (χ1v) is 4.94. The topological polar surface area (TPSA) is 26.3 Å². The number of hydrogen-bond donors (Lipinski definition) is 0. The van der Waals surface area contributed by atoms with Gasteiger partial charge in [-0.05, 0) is 39.0 Å². The van der Waals surface area contributed by atoms with E-state index in [9.17, 15) is 4.79 Å². The van der Waals surface area contributed by atoms with Gasteiger partial charge in [0.1, 0.15) is 5.60 Å². The van der Waals surface area contributed by atoms with E-state index in [1.165, 1.54) is 6.42 Å². The van der Waals surface area contributed by atoms with Crippen molar-refractivity contribution >= 4 is 5.78 Å². The zero-order valence-electron chi connectivity index (χ0n) is 7.64. The summed E-state index contributed by atoms with van der Waals surface area (Å²) in [6.45, 7) is 2.07. The second-order valence-electron chi connectivity index (χ2n) is 4.09. The van der Waals surface area contributed by atoms with Crippen LogP contribution in [0.15, 0.2) is 0 Å². The van der Waals surface area contributed by atoms with Gasteiger partial charge < -0.3 is 4.74 Å². The Labute approximate surface area is 73.3 Å². The predicted molar refractivity (Wildman–Crippen MR) is 46.0 cm³/mol. The average Bonchev–Trinajstić information content (AvgIpc) is 2.41. The summed E-state index contributed by atoms with van der Waals surface area (Å²) >= 11 is 0. The van der Waals surface area contributed by atoms with Crippen LogP contribution in [-0.4, -0.2) is 17.5 Å². The molecule has 0 unspecified atom stereocenters. The molecule has 2 aliphatic rings. The van der Waals surface area contributed by atoms with E-state index in [0.717, 1.165) is 32.1 Å². The van der Waals surface area contributed by atoms with E-state index in [1.54, 1.807) is 0 Å². The van der Waals surface area contributed by atoms with Crippen molar-refractivity contribution in [2.75, 3.05) is 0 Å². The Bertz CT molecular complexity index is 196. The van der Waals surface area contributed by atoms with Gasteiger partial charge in [-0.1, -0.05) is 0 Å². The van der Waals surface area contributed by atoms with Crippen LogP contribution in [0.25, 0.3) is 0 Å². The van der Waals surface area contributed by atoms with Crippen molar-refractivity contribution in [3.05, 3.63) is 0 Å². The highest BCUT2D eigenvalue weighted by Gasteiger charge is 2.45. The molecule has 1 aliphatic heterocycles. The molecule has 2 nitrogen and oxygen atoms in total. The molecule has 1 aliphatic carbocycles. The van der Waals surface area contributed by atoms with Crippen LogP contribution in [0.4, 0.5) is 0 Å². The van der Waals surface area contributed by atoms with Crippen LogP contribution in [0.2, 0.25) is 0 Å².